The van der Waals surface area contributed by atoms with Crippen LogP contribution in [0.15, 0.2) is 39.9 Å². The van der Waals surface area contributed by atoms with Crippen molar-refractivity contribution in [3.05, 3.63) is 62.3 Å². The second-order valence-electron chi connectivity index (χ2n) is 6.44. The van der Waals surface area contributed by atoms with Gasteiger partial charge in [-0.1, -0.05) is 30.3 Å². The van der Waals surface area contributed by atoms with E-state index < -0.39 is 52.8 Å². The Labute approximate surface area is 163 Å². The van der Waals surface area contributed by atoms with E-state index in [2.05, 4.69) is 0 Å². The van der Waals surface area contributed by atoms with Crippen LogP contribution >= 0.6 is 0 Å². The van der Waals surface area contributed by atoms with Crippen molar-refractivity contribution in [3.63, 3.8) is 0 Å². The molecule has 2 aromatic rings. The summed E-state index contributed by atoms with van der Waals surface area (Å²) < 4.78 is 1.58. The summed E-state index contributed by atoms with van der Waals surface area (Å²) in [5, 5.41) is 0. The van der Waals surface area contributed by atoms with Gasteiger partial charge in [-0.25, -0.2) is 14.5 Å². The zero-order valence-corrected chi connectivity index (χ0v) is 15.6. The quantitative estimate of drug-likeness (QED) is 0.379. The molecule has 0 saturated carbocycles. The molecule has 11 heteroatoms. The number of hydrogen-bond acceptors (Lipinski definition) is 7. The molecule has 4 amide bonds. The summed E-state index contributed by atoms with van der Waals surface area (Å²) in [5.74, 6) is -3.61. The number of carbonyl (C=O) groups is 4. The fraction of sp³-hybridized carbons (Fsp3) is 0.222. The Kier molecular flexibility index (Phi) is 4.89. The number of hydrogen-bond donors (Lipinski definition) is 1. The molecule has 0 unspecified atom stereocenters. The molecule has 11 nitrogen and oxygen atoms in total. The molecule has 2 N–H and O–H groups in total. The average Bonchev–Trinajstić information content (AvgIpc) is 2.90. The van der Waals surface area contributed by atoms with Crippen molar-refractivity contribution in [3.8, 4) is 0 Å². The van der Waals surface area contributed by atoms with E-state index in [0.717, 1.165) is 11.6 Å². The molecular formula is C18H17N5O6. The number of rotatable bonds is 5. The molecule has 1 fully saturated rings. The Morgan fingerprint density at radius 1 is 0.897 bits per heavy atom. The van der Waals surface area contributed by atoms with E-state index in [4.69, 9.17) is 5.73 Å². The number of urea groups is 1. The SMILES string of the molecule is Cn1c(N)c(C(=O)CN2C(=O)C(=O)N(Cc3ccccc3)C2=O)c(=O)n(C)c1=O. The fourth-order valence-corrected chi connectivity index (χ4v) is 2.94. The number of ketones is 1. The average molecular weight is 399 g/mol. The molecule has 0 radical (unpaired) electrons. The molecule has 0 spiro atoms. The van der Waals surface area contributed by atoms with Crippen molar-refractivity contribution in [2.24, 2.45) is 14.1 Å². The summed E-state index contributed by atoms with van der Waals surface area (Å²) in [5.41, 5.74) is 4.11. The van der Waals surface area contributed by atoms with Gasteiger partial charge in [0.2, 0.25) is 0 Å². The third-order valence-corrected chi connectivity index (χ3v) is 4.61. The Morgan fingerprint density at radius 2 is 1.48 bits per heavy atom. The number of anilines is 1. The zero-order valence-electron chi connectivity index (χ0n) is 15.6. The molecule has 1 aromatic heterocycles. The van der Waals surface area contributed by atoms with Crippen molar-refractivity contribution in [2.75, 3.05) is 12.3 Å². The molecule has 3 rings (SSSR count). The highest BCUT2D eigenvalue weighted by molar-refractivity contribution is 6.45. The van der Waals surface area contributed by atoms with E-state index in [-0.39, 0.29) is 6.54 Å². The van der Waals surface area contributed by atoms with E-state index >= 15 is 0 Å². The lowest BCUT2D eigenvalue weighted by atomic mass is 10.2. The molecule has 150 valence electrons. The van der Waals surface area contributed by atoms with Crippen LogP contribution < -0.4 is 17.0 Å². The minimum Gasteiger partial charge on any atom is -0.384 e. The smallest absolute Gasteiger partial charge is 0.334 e. The molecule has 2 heterocycles. The summed E-state index contributed by atoms with van der Waals surface area (Å²) in [6.07, 6.45) is 0. The maximum absolute atomic E-state index is 12.6. The van der Waals surface area contributed by atoms with Crippen LogP contribution in [0.2, 0.25) is 0 Å². The minimum absolute atomic E-state index is 0.140. The Balaban J connectivity index is 1.89. The number of carbonyl (C=O) groups excluding carboxylic acids is 4. The standard InChI is InChI=1S/C18H17N5O6/c1-20-13(19)12(14(25)21(2)17(20)28)11(24)9-23-16(27)15(26)22(18(23)29)8-10-6-4-3-5-7-10/h3-7H,8-9,19H2,1-2H3. The normalized spacial score (nSPS) is 14.1. The molecule has 29 heavy (non-hydrogen) atoms. The van der Waals surface area contributed by atoms with Gasteiger partial charge < -0.3 is 5.73 Å². The van der Waals surface area contributed by atoms with Gasteiger partial charge >= 0.3 is 23.5 Å². The van der Waals surface area contributed by atoms with E-state index in [9.17, 15) is 28.8 Å². The first kappa shape index (κ1) is 19.7. The number of nitrogen functional groups attached to an aromatic ring is 1. The van der Waals surface area contributed by atoms with Crippen LogP contribution in [0.4, 0.5) is 10.6 Å². The molecule has 1 aliphatic heterocycles. The van der Waals surface area contributed by atoms with Gasteiger partial charge in [0.1, 0.15) is 11.4 Å². The first-order valence-corrected chi connectivity index (χ1v) is 8.45. The Bertz CT molecular complexity index is 1160. The predicted molar refractivity (Wildman–Crippen MR) is 99.8 cm³/mol. The molecular weight excluding hydrogens is 382 g/mol. The second kappa shape index (κ2) is 7.19. The number of nitrogens with two attached hydrogens (primary N) is 1. The minimum atomic E-state index is -1.18. The molecule has 1 aliphatic rings. The molecule has 1 aromatic carbocycles. The van der Waals surface area contributed by atoms with Crippen LogP contribution in [0.3, 0.4) is 0 Å². The van der Waals surface area contributed by atoms with Crippen molar-refractivity contribution in [1.82, 2.24) is 18.9 Å². The lowest BCUT2D eigenvalue weighted by Crippen LogP contribution is -2.44. The lowest BCUT2D eigenvalue weighted by molar-refractivity contribution is -0.143. The van der Waals surface area contributed by atoms with Crippen LogP contribution in [0.5, 0.6) is 0 Å². The monoisotopic (exact) mass is 399 g/mol. The summed E-state index contributed by atoms with van der Waals surface area (Å²) >= 11 is 0. The summed E-state index contributed by atoms with van der Waals surface area (Å²) in [6, 6.07) is 7.55. The van der Waals surface area contributed by atoms with Gasteiger partial charge in [0.15, 0.2) is 5.78 Å². The third kappa shape index (κ3) is 3.22. The van der Waals surface area contributed by atoms with Gasteiger partial charge in [0.25, 0.3) is 5.56 Å². The largest absolute Gasteiger partial charge is 0.384 e. The van der Waals surface area contributed by atoms with E-state index in [0.29, 0.717) is 19.9 Å². The number of Topliss-reactive ketones (excluding diaryl/α,β-unsaturated/α-hetero) is 1. The summed E-state index contributed by atoms with van der Waals surface area (Å²) in [6.45, 7) is -0.995. The molecule has 0 atom stereocenters. The van der Waals surface area contributed by atoms with Crippen LogP contribution in [0, 0.1) is 0 Å². The number of benzene rings is 1. The van der Waals surface area contributed by atoms with Crippen LogP contribution in [-0.4, -0.2) is 49.1 Å². The van der Waals surface area contributed by atoms with Crippen molar-refractivity contribution >= 4 is 29.4 Å². The fourth-order valence-electron chi connectivity index (χ4n) is 2.94. The van der Waals surface area contributed by atoms with Crippen molar-refractivity contribution in [2.45, 2.75) is 6.54 Å². The maximum atomic E-state index is 12.6. The van der Waals surface area contributed by atoms with Gasteiger partial charge in [-0.3, -0.25) is 33.2 Å². The van der Waals surface area contributed by atoms with Gasteiger partial charge in [-0.2, -0.15) is 0 Å². The first-order chi connectivity index (χ1) is 13.6. The topological polar surface area (TPSA) is 145 Å². The number of nitrogens with zero attached hydrogens (tertiary/aromatic N) is 4. The third-order valence-electron chi connectivity index (χ3n) is 4.61. The molecule has 0 bridgehead atoms. The second-order valence-corrected chi connectivity index (χ2v) is 6.44. The predicted octanol–water partition coefficient (Wildman–Crippen LogP) is -1.16. The molecule has 1 saturated heterocycles. The van der Waals surface area contributed by atoms with Crippen LogP contribution in [0.25, 0.3) is 0 Å². The van der Waals surface area contributed by atoms with Gasteiger partial charge in [0.05, 0.1) is 13.1 Å². The van der Waals surface area contributed by atoms with Crippen LogP contribution in [0.1, 0.15) is 15.9 Å². The highest BCUT2D eigenvalue weighted by Crippen LogP contribution is 2.17. The van der Waals surface area contributed by atoms with Crippen molar-refractivity contribution in [1.29, 1.82) is 0 Å². The molecule has 0 aliphatic carbocycles. The van der Waals surface area contributed by atoms with Gasteiger partial charge in [0, 0.05) is 14.1 Å². The van der Waals surface area contributed by atoms with E-state index in [1.165, 1.54) is 7.05 Å². The number of imide groups is 2. The van der Waals surface area contributed by atoms with Crippen LogP contribution in [-0.2, 0) is 30.2 Å². The number of amides is 4. The Morgan fingerprint density at radius 3 is 2.10 bits per heavy atom. The van der Waals surface area contributed by atoms with Gasteiger partial charge in [-0.15, -0.1) is 0 Å². The highest BCUT2D eigenvalue weighted by atomic mass is 16.2. The van der Waals surface area contributed by atoms with E-state index in [1.54, 1.807) is 30.3 Å². The number of aromatic nitrogens is 2. The first-order valence-electron chi connectivity index (χ1n) is 8.45. The summed E-state index contributed by atoms with van der Waals surface area (Å²) in [7, 11) is 2.43. The maximum Gasteiger partial charge on any atom is 0.334 e. The highest BCUT2D eigenvalue weighted by Gasteiger charge is 2.45. The van der Waals surface area contributed by atoms with Crippen molar-refractivity contribution < 1.29 is 19.2 Å². The van der Waals surface area contributed by atoms with E-state index in [1.807, 2.05) is 0 Å². The lowest BCUT2D eigenvalue weighted by Gasteiger charge is -2.16. The zero-order chi connectivity index (χ0) is 21.5. The van der Waals surface area contributed by atoms with Gasteiger partial charge in [-0.05, 0) is 5.56 Å². The Hall–Kier alpha value is -4.02. The summed E-state index contributed by atoms with van der Waals surface area (Å²) in [4.78, 5) is 74.9.